The number of nitrogens with one attached hydrogen (secondary N) is 1. The minimum atomic E-state index is -0.835. The van der Waals surface area contributed by atoms with Crippen LogP contribution in [0.3, 0.4) is 0 Å². The van der Waals surface area contributed by atoms with Crippen molar-refractivity contribution in [2.24, 2.45) is 0 Å². The molecule has 1 saturated heterocycles. The quantitative estimate of drug-likeness (QED) is 0.800. The fourth-order valence-corrected chi connectivity index (χ4v) is 2.29. The van der Waals surface area contributed by atoms with Crippen molar-refractivity contribution >= 4 is 12.0 Å². The maximum absolute atomic E-state index is 12.2. The van der Waals surface area contributed by atoms with Crippen LogP contribution in [0.25, 0.3) is 0 Å². The predicted molar refractivity (Wildman–Crippen MR) is 77.8 cm³/mol. The highest BCUT2D eigenvalue weighted by Crippen LogP contribution is 2.13. The van der Waals surface area contributed by atoms with Gasteiger partial charge in [-0.25, -0.2) is 4.79 Å². The van der Waals surface area contributed by atoms with Crippen LogP contribution in [0.15, 0.2) is 0 Å². The SMILES string of the molecule is CC(C)N1CCN(C(=O)NC(C)(C)CCC(=O)O)CC1. The number of carbonyl (C=O) groups is 2. The van der Waals surface area contributed by atoms with E-state index in [1.807, 2.05) is 13.8 Å². The average Bonchev–Trinajstić information content (AvgIpc) is 2.36. The lowest BCUT2D eigenvalue weighted by Gasteiger charge is -2.38. The number of aliphatic carboxylic acids is 1. The second kappa shape index (κ2) is 6.92. The summed E-state index contributed by atoms with van der Waals surface area (Å²) in [6.45, 7) is 11.3. The highest BCUT2D eigenvalue weighted by Gasteiger charge is 2.27. The largest absolute Gasteiger partial charge is 0.481 e. The number of piperazine rings is 1. The zero-order chi connectivity index (χ0) is 15.3. The Hall–Kier alpha value is -1.30. The van der Waals surface area contributed by atoms with E-state index < -0.39 is 11.5 Å². The van der Waals surface area contributed by atoms with Crippen molar-refractivity contribution in [3.05, 3.63) is 0 Å². The van der Waals surface area contributed by atoms with Crippen LogP contribution in [0.4, 0.5) is 4.79 Å². The molecule has 20 heavy (non-hydrogen) atoms. The summed E-state index contributed by atoms with van der Waals surface area (Å²) in [6, 6.07) is 0.413. The smallest absolute Gasteiger partial charge is 0.317 e. The Morgan fingerprint density at radius 1 is 1.20 bits per heavy atom. The Morgan fingerprint density at radius 3 is 2.20 bits per heavy atom. The normalized spacial score (nSPS) is 17.4. The van der Waals surface area contributed by atoms with Gasteiger partial charge in [0.2, 0.25) is 0 Å². The number of hydrogen-bond donors (Lipinski definition) is 2. The van der Waals surface area contributed by atoms with Gasteiger partial charge >= 0.3 is 12.0 Å². The van der Waals surface area contributed by atoms with Gasteiger partial charge in [0.25, 0.3) is 0 Å². The second-order valence-corrected chi connectivity index (χ2v) is 6.32. The molecule has 0 spiro atoms. The van der Waals surface area contributed by atoms with Gasteiger partial charge in [0.05, 0.1) is 0 Å². The van der Waals surface area contributed by atoms with Crippen LogP contribution in [0, 0.1) is 0 Å². The lowest BCUT2D eigenvalue weighted by atomic mass is 9.99. The van der Waals surface area contributed by atoms with Crippen LogP contribution < -0.4 is 5.32 Å². The van der Waals surface area contributed by atoms with Crippen molar-refractivity contribution in [3.8, 4) is 0 Å². The zero-order valence-corrected chi connectivity index (χ0v) is 13.0. The third kappa shape index (κ3) is 5.36. The van der Waals surface area contributed by atoms with Crippen molar-refractivity contribution in [1.82, 2.24) is 15.1 Å². The van der Waals surface area contributed by atoms with Crippen molar-refractivity contribution in [1.29, 1.82) is 0 Å². The van der Waals surface area contributed by atoms with E-state index in [0.29, 0.717) is 12.5 Å². The predicted octanol–water partition coefficient (Wildman–Crippen LogP) is 1.37. The lowest BCUT2D eigenvalue weighted by molar-refractivity contribution is -0.137. The van der Waals surface area contributed by atoms with Gasteiger partial charge in [0.1, 0.15) is 0 Å². The van der Waals surface area contributed by atoms with Crippen molar-refractivity contribution in [2.45, 2.75) is 52.1 Å². The molecule has 0 aromatic carbocycles. The fraction of sp³-hybridized carbons (Fsp3) is 0.857. The second-order valence-electron chi connectivity index (χ2n) is 6.32. The van der Waals surface area contributed by atoms with E-state index in [4.69, 9.17) is 5.11 Å². The highest BCUT2D eigenvalue weighted by molar-refractivity contribution is 5.75. The first-order valence-corrected chi connectivity index (χ1v) is 7.24. The molecule has 0 unspecified atom stereocenters. The van der Waals surface area contributed by atoms with E-state index in [1.165, 1.54) is 0 Å². The maximum atomic E-state index is 12.2. The van der Waals surface area contributed by atoms with Gasteiger partial charge in [0, 0.05) is 44.2 Å². The van der Waals surface area contributed by atoms with E-state index in [0.717, 1.165) is 26.2 Å². The summed E-state index contributed by atoms with van der Waals surface area (Å²) in [5.74, 6) is -0.835. The molecule has 1 aliphatic heterocycles. The third-order valence-electron chi connectivity index (χ3n) is 3.74. The molecule has 0 bridgehead atoms. The average molecular weight is 285 g/mol. The lowest BCUT2D eigenvalue weighted by Crippen LogP contribution is -2.56. The molecule has 0 aliphatic carbocycles. The summed E-state index contributed by atoms with van der Waals surface area (Å²) in [6.07, 6.45) is 0.494. The Morgan fingerprint density at radius 2 is 1.75 bits per heavy atom. The third-order valence-corrected chi connectivity index (χ3v) is 3.74. The van der Waals surface area contributed by atoms with Gasteiger partial charge < -0.3 is 15.3 Å². The van der Waals surface area contributed by atoms with Crippen LogP contribution in [-0.4, -0.2) is 64.7 Å². The van der Waals surface area contributed by atoms with E-state index in [9.17, 15) is 9.59 Å². The summed E-state index contributed by atoms with van der Waals surface area (Å²) in [5.41, 5.74) is -0.495. The van der Waals surface area contributed by atoms with Gasteiger partial charge in [-0.3, -0.25) is 9.69 Å². The summed E-state index contributed by atoms with van der Waals surface area (Å²) in [4.78, 5) is 26.9. The molecule has 1 fully saturated rings. The Labute approximate surface area is 121 Å². The molecular weight excluding hydrogens is 258 g/mol. The Kier molecular flexibility index (Phi) is 5.80. The van der Waals surface area contributed by atoms with Gasteiger partial charge in [-0.2, -0.15) is 0 Å². The topological polar surface area (TPSA) is 72.9 Å². The fourth-order valence-electron chi connectivity index (χ4n) is 2.29. The van der Waals surface area contributed by atoms with E-state index >= 15 is 0 Å². The van der Waals surface area contributed by atoms with Crippen LogP contribution in [0.2, 0.25) is 0 Å². The molecule has 0 aromatic rings. The van der Waals surface area contributed by atoms with Crippen LogP contribution in [-0.2, 0) is 4.79 Å². The number of carboxylic acid groups (broad SMARTS) is 1. The molecule has 6 heteroatoms. The molecule has 1 rings (SSSR count). The Balaban J connectivity index is 2.41. The van der Waals surface area contributed by atoms with Gasteiger partial charge in [-0.15, -0.1) is 0 Å². The summed E-state index contributed by atoms with van der Waals surface area (Å²) in [5, 5.41) is 11.6. The zero-order valence-electron chi connectivity index (χ0n) is 13.0. The van der Waals surface area contributed by atoms with Crippen LogP contribution in [0.5, 0.6) is 0 Å². The van der Waals surface area contributed by atoms with E-state index in [-0.39, 0.29) is 12.5 Å². The first-order valence-electron chi connectivity index (χ1n) is 7.24. The summed E-state index contributed by atoms with van der Waals surface area (Å²) < 4.78 is 0. The minimum absolute atomic E-state index is 0.0639. The molecule has 1 heterocycles. The molecule has 2 N–H and O–H groups in total. The minimum Gasteiger partial charge on any atom is -0.481 e. The molecule has 6 nitrogen and oxygen atoms in total. The number of nitrogens with zero attached hydrogens (tertiary/aromatic N) is 2. The van der Waals surface area contributed by atoms with E-state index in [1.54, 1.807) is 4.90 Å². The molecule has 0 aromatic heterocycles. The van der Waals surface area contributed by atoms with Crippen LogP contribution >= 0.6 is 0 Å². The molecular formula is C14H27N3O3. The number of rotatable bonds is 5. The van der Waals surface area contributed by atoms with Gasteiger partial charge in [-0.05, 0) is 34.1 Å². The van der Waals surface area contributed by atoms with Crippen molar-refractivity contribution in [2.75, 3.05) is 26.2 Å². The van der Waals surface area contributed by atoms with Crippen molar-refractivity contribution < 1.29 is 14.7 Å². The van der Waals surface area contributed by atoms with Gasteiger partial charge in [0.15, 0.2) is 0 Å². The van der Waals surface area contributed by atoms with Crippen molar-refractivity contribution in [3.63, 3.8) is 0 Å². The molecule has 0 saturated carbocycles. The molecule has 0 radical (unpaired) electrons. The van der Waals surface area contributed by atoms with E-state index in [2.05, 4.69) is 24.1 Å². The highest BCUT2D eigenvalue weighted by atomic mass is 16.4. The number of carboxylic acids is 1. The monoisotopic (exact) mass is 285 g/mol. The summed E-state index contributed by atoms with van der Waals surface area (Å²) in [7, 11) is 0. The maximum Gasteiger partial charge on any atom is 0.317 e. The molecule has 2 amide bonds. The molecule has 116 valence electrons. The summed E-state index contributed by atoms with van der Waals surface area (Å²) >= 11 is 0. The molecule has 1 aliphatic rings. The first kappa shape index (κ1) is 16.8. The standard InChI is InChI=1S/C14H27N3O3/c1-11(2)16-7-9-17(10-8-16)13(20)15-14(3,4)6-5-12(18)19/h11H,5-10H2,1-4H3,(H,15,20)(H,18,19). The Bertz CT molecular complexity index is 348. The van der Waals surface area contributed by atoms with Crippen LogP contribution in [0.1, 0.15) is 40.5 Å². The number of carbonyl (C=O) groups excluding carboxylic acids is 1. The first-order chi connectivity index (χ1) is 9.21. The molecule has 0 atom stereocenters. The van der Waals surface area contributed by atoms with Gasteiger partial charge in [-0.1, -0.05) is 0 Å². The number of amides is 2. The number of hydrogen-bond acceptors (Lipinski definition) is 3. The number of urea groups is 1.